The Kier molecular flexibility index (Phi) is 5.77. The Balaban J connectivity index is 1.54. The van der Waals surface area contributed by atoms with Crippen LogP contribution in [0.5, 0.6) is 0 Å². The van der Waals surface area contributed by atoms with Gasteiger partial charge in [-0.15, -0.1) is 0 Å². The van der Waals surface area contributed by atoms with Crippen molar-refractivity contribution in [1.82, 2.24) is 15.5 Å². The number of anilines is 1. The van der Waals surface area contributed by atoms with Crippen LogP contribution >= 0.6 is 39.1 Å². The molecule has 2 fully saturated rings. The average molecular weight is 580 g/mol. The van der Waals surface area contributed by atoms with Crippen molar-refractivity contribution in [3.05, 3.63) is 74.4 Å². The number of carbonyl (C=O) groups excluding carboxylic acids is 2. The topological polar surface area (TPSA) is 102 Å². The number of carboxylic acid groups (broad SMARTS) is 1. The first-order valence-electron chi connectivity index (χ1n) is 10.9. The Morgan fingerprint density at radius 3 is 2.37 bits per heavy atom. The van der Waals surface area contributed by atoms with Gasteiger partial charge in [0, 0.05) is 27.1 Å². The van der Waals surface area contributed by atoms with Gasteiger partial charge in [-0.3, -0.25) is 14.5 Å². The highest BCUT2D eigenvalue weighted by atomic mass is 79.9. The van der Waals surface area contributed by atoms with Gasteiger partial charge < -0.3 is 20.6 Å². The van der Waals surface area contributed by atoms with Crippen LogP contribution in [-0.4, -0.2) is 45.2 Å². The minimum absolute atomic E-state index is 0.186. The average Bonchev–Trinajstić information content (AvgIpc) is 3.38. The van der Waals surface area contributed by atoms with Crippen LogP contribution in [0.15, 0.2) is 58.8 Å². The van der Waals surface area contributed by atoms with E-state index in [-0.39, 0.29) is 11.6 Å². The van der Waals surface area contributed by atoms with Gasteiger partial charge in [0.25, 0.3) is 11.8 Å². The number of amides is 2. The number of nitrogens with one attached hydrogen (secondary N) is 2. The van der Waals surface area contributed by atoms with Gasteiger partial charge in [0.1, 0.15) is 16.8 Å². The van der Waals surface area contributed by atoms with Crippen molar-refractivity contribution < 1.29 is 19.5 Å². The summed E-state index contributed by atoms with van der Waals surface area (Å²) >= 11 is 15.9. The Bertz CT molecular complexity index is 1260. The van der Waals surface area contributed by atoms with Crippen LogP contribution in [0.2, 0.25) is 10.0 Å². The van der Waals surface area contributed by atoms with Crippen LogP contribution in [0, 0.1) is 0 Å². The molecule has 1 unspecified atom stereocenters. The van der Waals surface area contributed by atoms with Gasteiger partial charge in [-0.25, -0.2) is 4.79 Å². The maximum atomic E-state index is 14.0. The smallest absolute Gasteiger partial charge is 0.329 e. The zero-order valence-corrected chi connectivity index (χ0v) is 21.6. The van der Waals surface area contributed by atoms with Crippen LogP contribution in [-0.2, 0) is 20.8 Å². The second kappa shape index (κ2) is 8.43. The van der Waals surface area contributed by atoms with Gasteiger partial charge in [0.15, 0.2) is 6.29 Å². The van der Waals surface area contributed by atoms with Crippen molar-refractivity contribution in [2.24, 2.45) is 0 Å². The number of carboxylic acids is 1. The second-order valence-corrected chi connectivity index (χ2v) is 10.9. The number of benzene rings is 2. The van der Waals surface area contributed by atoms with E-state index in [1.54, 1.807) is 30.0 Å². The van der Waals surface area contributed by atoms with E-state index in [2.05, 4.69) is 26.6 Å². The number of hydrogen-bond donors (Lipinski definition) is 3. The molecule has 0 aromatic heterocycles. The molecule has 1 saturated heterocycles. The van der Waals surface area contributed by atoms with Crippen molar-refractivity contribution in [1.29, 1.82) is 0 Å². The van der Waals surface area contributed by atoms with Crippen molar-refractivity contribution in [3.8, 4) is 0 Å². The molecule has 11 heteroatoms. The molecule has 0 spiro atoms. The third-order valence-corrected chi connectivity index (χ3v) is 7.63. The Morgan fingerprint density at radius 2 is 1.80 bits per heavy atom. The summed E-state index contributed by atoms with van der Waals surface area (Å²) in [5.41, 5.74) is -0.869. The zero-order chi connectivity index (χ0) is 25.1. The van der Waals surface area contributed by atoms with Crippen molar-refractivity contribution in [2.75, 3.05) is 4.90 Å². The van der Waals surface area contributed by atoms with Gasteiger partial charge in [0.2, 0.25) is 0 Å². The van der Waals surface area contributed by atoms with E-state index in [1.165, 1.54) is 11.1 Å². The highest BCUT2D eigenvalue weighted by Crippen LogP contribution is 2.43. The van der Waals surface area contributed by atoms with E-state index in [1.807, 2.05) is 24.3 Å². The summed E-state index contributed by atoms with van der Waals surface area (Å²) < 4.78 is 0.906. The van der Waals surface area contributed by atoms with E-state index in [0.29, 0.717) is 35.0 Å². The van der Waals surface area contributed by atoms with Gasteiger partial charge in [-0.2, -0.15) is 0 Å². The predicted molar refractivity (Wildman–Crippen MR) is 135 cm³/mol. The molecule has 1 aliphatic carbocycles. The molecule has 3 aliphatic rings. The standard InChI is InChI=1S/C24H21BrCl2N4O4/c1-23(11-13-2-4-14(25)5-3-13)20(33)30(17-9-15(26)8-16(27)10-17)22-28-12-18(31(22)23)19(32)29-24(6-7-24)21(34)35/h2-5,8-10,12,22,28H,6-7,11H2,1H3,(H,29,32)(H,34,35)/t22?,23-/m1/s1. The lowest BCUT2D eigenvalue weighted by Gasteiger charge is -2.34. The molecule has 8 nitrogen and oxygen atoms in total. The third kappa shape index (κ3) is 4.05. The first-order valence-corrected chi connectivity index (χ1v) is 12.4. The number of nitrogens with zero attached hydrogens (tertiary/aromatic N) is 2. The highest BCUT2D eigenvalue weighted by Gasteiger charge is 2.60. The summed E-state index contributed by atoms with van der Waals surface area (Å²) in [6, 6.07) is 12.4. The summed E-state index contributed by atoms with van der Waals surface area (Å²) in [5, 5.41) is 16.0. The summed E-state index contributed by atoms with van der Waals surface area (Å²) in [6.07, 6.45) is 1.82. The maximum Gasteiger partial charge on any atom is 0.329 e. The Hall–Kier alpha value is -2.75. The number of fused-ring (bicyclic) bond motifs is 1. The molecule has 35 heavy (non-hydrogen) atoms. The fraction of sp³-hybridized carbons (Fsp3) is 0.292. The summed E-state index contributed by atoms with van der Waals surface area (Å²) in [6.45, 7) is 1.77. The van der Waals surface area contributed by atoms with E-state index >= 15 is 0 Å². The molecule has 2 aromatic carbocycles. The molecule has 2 heterocycles. The first kappa shape index (κ1) is 24.0. The number of halogens is 3. The van der Waals surface area contributed by atoms with Gasteiger partial charge in [0.05, 0.1) is 5.69 Å². The van der Waals surface area contributed by atoms with Gasteiger partial charge >= 0.3 is 5.97 Å². The molecule has 1 saturated carbocycles. The molecule has 2 amide bonds. The van der Waals surface area contributed by atoms with E-state index < -0.39 is 29.2 Å². The fourth-order valence-electron chi connectivity index (χ4n) is 4.70. The minimum atomic E-state index is -1.26. The molecular weight excluding hydrogens is 559 g/mol. The minimum Gasteiger partial charge on any atom is -0.480 e. The monoisotopic (exact) mass is 578 g/mol. The van der Waals surface area contributed by atoms with Crippen LogP contribution in [0.4, 0.5) is 5.69 Å². The number of rotatable bonds is 6. The summed E-state index contributed by atoms with van der Waals surface area (Å²) in [7, 11) is 0. The summed E-state index contributed by atoms with van der Waals surface area (Å²) in [5.74, 6) is -1.88. The van der Waals surface area contributed by atoms with Crippen molar-refractivity contribution in [3.63, 3.8) is 0 Å². The largest absolute Gasteiger partial charge is 0.480 e. The lowest BCUT2D eigenvalue weighted by atomic mass is 9.90. The van der Waals surface area contributed by atoms with E-state index in [9.17, 15) is 19.5 Å². The lowest BCUT2D eigenvalue weighted by Crippen LogP contribution is -2.53. The Labute approximate surface area is 220 Å². The fourth-order valence-corrected chi connectivity index (χ4v) is 5.48. The Morgan fingerprint density at radius 1 is 1.17 bits per heavy atom. The quantitative estimate of drug-likeness (QED) is 0.480. The lowest BCUT2D eigenvalue weighted by molar-refractivity contribution is -0.143. The first-order chi connectivity index (χ1) is 16.5. The zero-order valence-electron chi connectivity index (χ0n) is 18.5. The summed E-state index contributed by atoms with van der Waals surface area (Å²) in [4.78, 5) is 42.2. The van der Waals surface area contributed by atoms with Crippen LogP contribution in [0.25, 0.3) is 0 Å². The molecule has 3 N–H and O–H groups in total. The normalized spacial score (nSPS) is 24.1. The van der Waals surface area contributed by atoms with Crippen LogP contribution in [0.3, 0.4) is 0 Å². The molecule has 2 atom stereocenters. The van der Waals surface area contributed by atoms with Crippen LogP contribution < -0.4 is 15.5 Å². The number of carbonyl (C=O) groups is 3. The maximum absolute atomic E-state index is 14.0. The molecule has 5 rings (SSSR count). The predicted octanol–water partition coefficient (Wildman–Crippen LogP) is 3.87. The van der Waals surface area contributed by atoms with Gasteiger partial charge in [-0.1, -0.05) is 51.3 Å². The highest BCUT2D eigenvalue weighted by molar-refractivity contribution is 9.10. The SMILES string of the molecule is C[C@@]1(Cc2ccc(Br)cc2)C(=O)N(c2cc(Cl)cc(Cl)c2)C2NC=C(C(=O)NC3(C(=O)O)CC3)N21. The molecule has 2 aromatic rings. The molecule has 0 bridgehead atoms. The number of hydrogen-bond acceptors (Lipinski definition) is 5. The van der Waals surface area contributed by atoms with Crippen molar-refractivity contribution in [2.45, 2.75) is 43.6 Å². The molecule has 2 aliphatic heterocycles. The van der Waals surface area contributed by atoms with Gasteiger partial charge in [-0.05, 0) is 55.7 Å². The van der Waals surface area contributed by atoms with Crippen LogP contribution in [0.1, 0.15) is 25.3 Å². The second-order valence-electron chi connectivity index (χ2n) is 9.16. The van der Waals surface area contributed by atoms with E-state index in [4.69, 9.17) is 23.2 Å². The number of aliphatic carboxylic acids is 1. The van der Waals surface area contributed by atoms with Crippen molar-refractivity contribution >= 4 is 62.6 Å². The molecule has 0 radical (unpaired) electrons. The van der Waals surface area contributed by atoms with E-state index in [0.717, 1.165) is 10.0 Å². The molecule has 182 valence electrons. The molecular formula is C24H21BrCl2N4O4. The third-order valence-electron chi connectivity index (χ3n) is 6.66.